The highest BCUT2D eigenvalue weighted by molar-refractivity contribution is 7.45. The lowest BCUT2D eigenvalue weighted by Crippen LogP contribution is -2.24. The van der Waals surface area contributed by atoms with Crippen molar-refractivity contribution in [1.29, 1.82) is 0 Å². The first-order valence-corrected chi connectivity index (χ1v) is 15.7. The van der Waals surface area contributed by atoms with E-state index in [4.69, 9.17) is 57.7 Å². The van der Waals surface area contributed by atoms with E-state index in [1.807, 2.05) is 0 Å². The second-order valence-corrected chi connectivity index (χ2v) is 10.4. The Hall–Kier alpha value is -1.31. The lowest BCUT2D eigenvalue weighted by atomic mass is 10.1. The normalized spacial score (nSPS) is 11.0. The molecule has 0 saturated heterocycles. The quantitative estimate of drug-likeness (QED) is 0.0937. The maximum Gasteiger partial charge on any atom is 0.466 e. The maximum atomic E-state index is 11.9. The molecule has 10 N–H and O–H groups in total. The molecule has 37 heavy (non-hydrogen) atoms. The topological polar surface area (TPSA) is 279 Å². The number of hydrogen-bond acceptors (Lipinski definition) is 5. The van der Waals surface area contributed by atoms with E-state index in [0.717, 1.165) is 19.3 Å². The molecule has 1 amide bonds. The van der Waals surface area contributed by atoms with Gasteiger partial charge in [-0.25, -0.2) is 13.7 Å². The molecule has 0 unspecified atom stereocenters. The van der Waals surface area contributed by atoms with E-state index >= 15 is 0 Å². The number of benzene rings is 1. The van der Waals surface area contributed by atoms with Crippen molar-refractivity contribution in [3.8, 4) is 0 Å². The van der Waals surface area contributed by atoms with Gasteiger partial charge in [-0.15, -0.1) is 0 Å². The van der Waals surface area contributed by atoms with Gasteiger partial charge in [0.05, 0.1) is 0 Å². The van der Waals surface area contributed by atoms with Crippen LogP contribution in [0.1, 0.15) is 85.4 Å². The summed E-state index contributed by atoms with van der Waals surface area (Å²) < 4.78 is 26.6. The highest BCUT2D eigenvalue weighted by Crippen LogP contribution is 2.26. The first-order valence-electron chi connectivity index (χ1n) is 11.0. The number of aldehydes is 1. The Morgan fingerprint density at radius 3 is 1.32 bits per heavy atom. The first-order chi connectivity index (χ1) is 16.8. The summed E-state index contributed by atoms with van der Waals surface area (Å²) in [6, 6.07) is 6.71. The number of unbranched alkanes of at least 4 members (excludes halogenated alkanes) is 8. The third-order valence-electron chi connectivity index (χ3n) is 3.87. The highest BCUT2D eigenvalue weighted by atomic mass is 31.2. The Morgan fingerprint density at radius 2 is 1.00 bits per heavy atom. The van der Waals surface area contributed by atoms with Crippen LogP contribution in [-0.2, 0) is 13.7 Å². The summed E-state index contributed by atoms with van der Waals surface area (Å²) in [5.74, 6) is -0.0583. The van der Waals surface area contributed by atoms with E-state index in [1.165, 1.54) is 51.4 Å². The molecule has 18 heteroatoms. The van der Waals surface area contributed by atoms with Crippen LogP contribution < -0.4 is 5.32 Å². The minimum absolute atomic E-state index is 0.0583. The van der Waals surface area contributed by atoms with E-state index < -0.39 is 23.5 Å². The average Bonchev–Trinajstić information content (AvgIpc) is 2.71. The lowest BCUT2D eigenvalue weighted by Gasteiger charge is -2.05. The summed E-state index contributed by atoms with van der Waals surface area (Å²) in [4.78, 5) is 87.1. The Morgan fingerprint density at radius 1 is 0.676 bits per heavy atom. The van der Waals surface area contributed by atoms with Gasteiger partial charge in [0.25, 0.3) is 5.91 Å². The molecule has 0 bridgehead atoms. The van der Waals surface area contributed by atoms with Crippen LogP contribution in [0.2, 0.25) is 0 Å². The first kappa shape index (κ1) is 40.2. The molecule has 0 fully saturated rings. The molecule has 0 radical (unpaired) electrons. The van der Waals surface area contributed by atoms with Gasteiger partial charge in [0.1, 0.15) is 6.29 Å². The van der Waals surface area contributed by atoms with E-state index in [-0.39, 0.29) is 5.91 Å². The van der Waals surface area contributed by atoms with Gasteiger partial charge in [0.2, 0.25) is 0 Å². The second-order valence-electron chi connectivity index (χ2n) is 7.36. The molecule has 0 heterocycles. The van der Waals surface area contributed by atoms with Crippen molar-refractivity contribution in [2.75, 3.05) is 6.54 Å². The zero-order chi connectivity index (χ0) is 29.5. The molecular weight excluding hydrogens is 559 g/mol. The van der Waals surface area contributed by atoms with Crippen LogP contribution in [0.5, 0.6) is 0 Å². The minimum atomic E-state index is -4.64. The van der Waals surface area contributed by atoms with Gasteiger partial charge >= 0.3 is 23.5 Å². The number of amides is 1. The molecule has 0 aliphatic rings. The maximum absolute atomic E-state index is 11.9. The Labute approximate surface area is 215 Å². The Kier molecular flexibility index (Phi) is 24.6. The monoisotopic (exact) mass is 597 g/mol. The molecule has 1 aromatic rings. The molecule has 0 aliphatic carbocycles. The van der Waals surface area contributed by atoms with Crippen LogP contribution in [-0.4, -0.2) is 62.8 Å². The molecule has 15 nitrogen and oxygen atoms in total. The van der Waals surface area contributed by atoms with Crippen molar-refractivity contribution in [3.63, 3.8) is 0 Å². The molecular formula is C19H38NO14P3. The van der Waals surface area contributed by atoms with E-state index in [0.29, 0.717) is 11.1 Å². The van der Waals surface area contributed by atoms with Crippen molar-refractivity contribution in [3.05, 3.63) is 35.4 Å². The molecule has 0 spiro atoms. The minimum Gasteiger partial charge on any atom is -0.352 e. The average molecular weight is 597 g/mol. The van der Waals surface area contributed by atoms with Gasteiger partial charge in [-0.05, 0) is 18.6 Å². The van der Waals surface area contributed by atoms with Crippen LogP contribution in [0.15, 0.2) is 24.3 Å². The fourth-order valence-corrected chi connectivity index (χ4v) is 2.45. The summed E-state index contributed by atoms with van der Waals surface area (Å²) in [6.45, 7) is 2.97. The third kappa shape index (κ3) is 52.0. The molecule has 0 aromatic heterocycles. The zero-order valence-corrected chi connectivity index (χ0v) is 23.0. The van der Waals surface area contributed by atoms with E-state index in [1.54, 1.807) is 24.3 Å². The van der Waals surface area contributed by atoms with Crippen LogP contribution in [0.3, 0.4) is 0 Å². The lowest BCUT2D eigenvalue weighted by molar-refractivity contribution is 0.0952. The number of nitrogens with one attached hydrogen (secondary N) is 1. The fourth-order valence-electron chi connectivity index (χ4n) is 2.45. The van der Waals surface area contributed by atoms with Crippen molar-refractivity contribution in [2.45, 2.75) is 64.7 Å². The molecule has 0 saturated carbocycles. The highest BCUT2D eigenvalue weighted by Gasteiger charge is 2.04. The second kappa shape index (κ2) is 22.7. The smallest absolute Gasteiger partial charge is 0.352 e. The fraction of sp³-hybridized carbons (Fsp3) is 0.579. The number of phosphoric acid groups is 3. The SMILES string of the molecule is CCCCCCCCCCCNC(=O)c1ccc(C=O)cc1.O=P(O)(O)O.O=P(O)(O)O.O=P(O)(O)O. The van der Waals surface area contributed by atoms with Crippen LogP contribution in [0.25, 0.3) is 0 Å². The number of hydrogen-bond donors (Lipinski definition) is 10. The van der Waals surface area contributed by atoms with Gasteiger partial charge in [0, 0.05) is 17.7 Å². The van der Waals surface area contributed by atoms with E-state index in [2.05, 4.69) is 12.2 Å². The standard InChI is InChI=1S/C19H29NO2.3H3O4P/c1-2-3-4-5-6-7-8-9-10-15-20-19(22)18-13-11-17(16-21)12-14-18;3*1-5(2,3)4/h11-14,16H,2-10,15H2,1H3,(H,20,22);3*(H3,1,2,3,4). The molecule has 218 valence electrons. The van der Waals surface area contributed by atoms with Crippen molar-refractivity contribution < 1.29 is 67.3 Å². The van der Waals surface area contributed by atoms with Gasteiger partial charge in [-0.1, -0.05) is 70.4 Å². The van der Waals surface area contributed by atoms with Gasteiger partial charge in [-0.3, -0.25) is 9.59 Å². The summed E-state index contributed by atoms with van der Waals surface area (Å²) in [5.41, 5.74) is 1.21. The predicted molar refractivity (Wildman–Crippen MR) is 134 cm³/mol. The Bertz CT molecular complexity index is 791. The molecule has 0 aliphatic heterocycles. The summed E-state index contributed by atoms with van der Waals surface area (Å²) in [7, 11) is -13.9. The summed E-state index contributed by atoms with van der Waals surface area (Å²) >= 11 is 0. The zero-order valence-electron chi connectivity index (χ0n) is 20.4. The van der Waals surface area contributed by atoms with Gasteiger partial charge in [0.15, 0.2) is 0 Å². The Balaban J connectivity index is -0.000000626. The van der Waals surface area contributed by atoms with Crippen LogP contribution in [0, 0.1) is 0 Å². The van der Waals surface area contributed by atoms with Crippen molar-refractivity contribution >= 4 is 35.7 Å². The van der Waals surface area contributed by atoms with E-state index in [9.17, 15) is 9.59 Å². The van der Waals surface area contributed by atoms with Crippen molar-refractivity contribution in [2.24, 2.45) is 0 Å². The largest absolute Gasteiger partial charge is 0.466 e. The third-order valence-corrected chi connectivity index (χ3v) is 3.87. The number of carbonyl (C=O) groups is 2. The molecule has 1 rings (SSSR count). The number of carbonyl (C=O) groups excluding carboxylic acids is 2. The van der Waals surface area contributed by atoms with Crippen LogP contribution >= 0.6 is 23.5 Å². The molecule has 0 atom stereocenters. The molecule has 1 aromatic carbocycles. The predicted octanol–water partition coefficient (Wildman–Crippen LogP) is 1.97. The van der Waals surface area contributed by atoms with Gasteiger partial charge in [-0.2, -0.15) is 0 Å². The number of rotatable bonds is 12. The summed E-state index contributed by atoms with van der Waals surface area (Å²) in [6.07, 6.45) is 12.3. The summed E-state index contributed by atoms with van der Waals surface area (Å²) in [5, 5.41) is 2.93. The van der Waals surface area contributed by atoms with Crippen molar-refractivity contribution in [1.82, 2.24) is 5.32 Å². The van der Waals surface area contributed by atoms with Gasteiger partial charge < -0.3 is 49.4 Å². The van der Waals surface area contributed by atoms with Crippen LogP contribution in [0.4, 0.5) is 0 Å².